The zero-order valence-corrected chi connectivity index (χ0v) is 16.5. The molecule has 2 aromatic rings. The van der Waals surface area contributed by atoms with Crippen LogP contribution in [0, 0.1) is 5.92 Å². The van der Waals surface area contributed by atoms with Gasteiger partial charge in [-0.1, -0.05) is 25.1 Å². The summed E-state index contributed by atoms with van der Waals surface area (Å²) in [5.41, 5.74) is 5.18. The van der Waals surface area contributed by atoms with Crippen molar-refractivity contribution in [1.29, 1.82) is 0 Å². The van der Waals surface area contributed by atoms with Crippen LogP contribution in [0.3, 0.4) is 0 Å². The van der Waals surface area contributed by atoms with Gasteiger partial charge in [-0.3, -0.25) is 9.59 Å². The van der Waals surface area contributed by atoms with E-state index in [2.05, 4.69) is 41.2 Å². The number of Topliss-reactive ketones (excluding diaryl/α,β-unsaturated/α-hetero) is 1. The van der Waals surface area contributed by atoms with Crippen molar-refractivity contribution in [3.63, 3.8) is 0 Å². The van der Waals surface area contributed by atoms with Crippen LogP contribution >= 0.6 is 0 Å². The predicted molar refractivity (Wildman–Crippen MR) is 106 cm³/mol. The van der Waals surface area contributed by atoms with Crippen molar-refractivity contribution in [3.8, 4) is 0 Å². The van der Waals surface area contributed by atoms with E-state index in [-0.39, 0.29) is 23.7 Å². The Balaban J connectivity index is 1.94. The molecule has 2 aliphatic heterocycles. The Morgan fingerprint density at radius 2 is 1.93 bits per heavy atom. The molecule has 2 aliphatic rings. The smallest absolute Gasteiger partial charge is 0.227 e. The molecule has 1 N–H and O–H groups in total. The van der Waals surface area contributed by atoms with Crippen LogP contribution in [0.1, 0.15) is 44.0 Å². The molecular weight excluding hydrogens is 338 g/mol. The molecular formula is C22H27N3O2. The van der Waals surface area contributed by atoms with Gasteiger partial charge in [-0.2, -0.15) is 0 Å². The maximum atomic E-state index is 13.4. The second-order valence-corrected chi connectivity index (χ2v) is 7.70. The van der Waals surface area contributed by atoms with Gasteiger partial charge < -0.3 is 14.8 Å². The summed E-state index contributed by atoms with van der Waals surface area (Å²) in [5.74, 6) is -0.103. The summed E-state index contributed by atoms with van der Waals surface area (Å²) in [5, 5.41) is 4.84. The number of hydrogen-bond acceptors (Lipinski definition) is 3. The zero-order valence-electron chi connectivity index (χ0n) is 16.5. The minimum Gasteiger partial charge on any atom is -0.346 e. The Labute approximate surface area is 160 Å². The maximum Gasteiger partial charge on any atom is 0.227 e. The summed E-state index contributed by atoms with van der Waals surface area (Å²) in [4.78, 5) is 27.6. The van der Waals surface area contributed by atoms with Gasteiger partial charge in [0.2, 0.25) is 5.91 Å². The average molecular weight is 365 g/mol. The molecule has 0 bridgehead atoms. The lowest BCUT2D eigenvalue weighted by Gasteiger charge is -2.30. The highest BCUT2D eigenvalue weighted by molar-refractivity contribution is 6.03. The Hall–Kier alpha value is -2.40. The number of hydrogen-bond donors (Lipinski definition) is 1. The normalized spacial score (nSPS) is 23.8. The van der Waals surface area contributed by atoms with Crippen molar-refractivity contribution in [2.45, 2.75) is 39.2 Å². The molecule has 142 valence electrons. The van der Waals surface area contributed by atoms with Gasteiger partial charge in [-0.25, -0.2) is 0 Å². The molecule has 4 rings (SSSR count). The third kappa shape index (κ3) is 2.64. The number of para-hydroxylation sites is 1. The van der Waals surface area contributed by atoms with Gasteiger partial charge in [-0.15, -0.1) is 0 Å². The number of aryl methyl sites for hydroxylation is 1. The first-order chi connectivity index (χ1) is 13.0. The molecule has 0 spiro atoms. The van der Waals surface area contributed by atoms with Crippen molar-refractivity contribution < 1.29 is 9.59 Å². The van der Waals surface area contributed by atoms with Crippen molar-refractivity contribution in [2.75, 3.05) is 13.6 Å². The lowest BCUT2D eigenvalue weighted by atomic mass is 9.85. The summed E-state index contributed by atoms with van der Waals surface area (Å²) in [7, 11) is 3.86. The van der Waals surface area contributed by atoms with Gasteiger partial charge in [0.05, 0.1) is 6.04 Å². The highest BCUT2D eigenvalue weighted by Gasteiger charge is 2.38. The number of nitrogens with zero attached hydrogens (tertiary/aromatic N) is 2. The number of rotatable bonds is 2. The number of fused-ring (bicyclic) bond motifs is 3. The molecule has 1 aromatic carbocycles. The van der Waals surface area contributed by atoms with E-state index in [9.17, 15) is 9.59 Å². The minimum atomic E-state index is -0.241. The lowest BCUT2D eigenvalue weighted by Crippen LogP contribution is -2.36. The summed E-state index contributed by atoms with van der Waals surface area (Å²) in [6, 6.07) is 8.24. The number of ketones is 1. The molecule has 0 radical (unpaired) electrons. The fraction of sp³-hybridized carbons (Fsp3) is 0.455. The van der Waals surface area contributed by atoms with E-state index in [4.69, 9.17) is 0 Å². The number of carbonyl (C=O) groups excluding carboxylic acids is 2. The fourth-order valence-electron chi connectivity index (χ4n) is 4.69. The number of carbonyl (C=O) groups is 2. The standard InChI is InChI=1S/C22H27N3O2/c1-5-14-12-18(26)24(3)13(2)19(22(14)27)20-21-16(10-11-23-20)15-8-6-7-9-17(15)25(21)4/h6-9,14,20,23H,5,10-12H2,1-4H3. The van der Waals surface area contributed by atoms with Gasteiger partial charge in [0, 0.05) is 60.8 Å². The summed E-state index contributed by atoms with van der Waals surface area (Å²) < 4.78 is 2.21. The van der Waals surface area contributed by atoms with E-state index in [1.807, 2.05) is 13.8 Å². The molecule has 0 aliphatic carbocycles. The van der Waals surface area contributed by atoms with E-state index in [1.165, 1.54) is 16.5 Å². The van der Waals surface area contributed by atoms with Crippen LogP contribution in [0.15, 0.2) is 35.5 Å². The molecule has 5 heteroatoms. The summed E-state index contributed by atoms with van der Waals surface area (Å²) in [6.07, 6.45) is 1.92. The van der Waals surface area contributed by atoms with E-state index in [1.54, 1.807) is 11.9 Å². The van der Waals surface area contributed by atoms with Crippen LogP contribution in [-0.2, 0) is 23.1 Å². The number of amides is 1. The van der Waals surface area contributed by atoms with Gasteiger partial charge in [-0.05, 0) is 31.4 Å². The third-order valence-corrected chi connectivity index (χ3v) is 6.36. The number of nitrogens with one attached hydrogen (secondary N) is 1. The maximum absolute atomic E-state index is 13.4. The molecule has 3 heterocycles. The molecule has 2 atom stereocenters. The number of benzene rings is 1. The monoisotopic (exact) mass is 365 g/mol. The Morgan fingerprint density at radius 1 is 1.19 bits per heavy atom. The quantitative estimate of drug-likeness (QED) is 0.890. The van der Waals surface area contributed by atoms with E-state index >= 15 is 0 Å². The molecule has 5 nitrogen and oxygen atoms in total. The van der Waals surface area contributed by atoms with Crippen molar-refractivity contribution in [3.05, 3.63) is 46.8 Å². The van der Waals surface area contributed by atoms with Crippen LogP contribution in [0.5, 0.6) is 0 Å². The Kier molecular flexibility index (Phi) is 4.42. The Morgan fingerprint density at radius 3 is 2.67 bits per heavy atom. The van der Waals surface area contributed by atoms with Gasteiger partial charge in [0.25, 0.3) is 0 Å². The molecule has 1 aromatic heterocycles. The molecule has 0 fully saturated rings. The average Bonchev–Trinajstić information content (AvgIpc) is 2.94. The summed E-state index contributed by atoms with van der Waals surface area (Å²) >= 11 is 0. The highest BCUT2D eigenvalue weighted by atomic mass is 16.2. The van der Waals surface area contributed by atoms with Crippen molar-refractivity contribution >= 4 is 22.6 Å². The molecule has 27 heavy (non-hydrogen) atoms. The van der Waals surface area contributed by atoms with Crippen LogP contribution in [0.4, 0.5) is 0 Å². The third-order valence-electron chi connectivity index (χ3n) is 6.36. The number of allylic oxidation sites excluding steroid dienone is 1. The van der Waals surface area contributed by atoms with Gasteiger partial charge >= 0.3 is 0 Å². The fourth-order valence-corrected chi connectivity index (χ4v) is 4.69. The Bertz CT molecular complexity index is 969. The van der Waals surface area contributed by atoms with E-state index in [0.717, 1.165) is 29.9 Å². The topological polar surface area (TPSA) is 54.3 Å². The minimum absolute atomic E-state index is 0.0239. The second-order valence-electron chi connectivity index (χ2n) is 7.70. The first kappa shape index (κ1) is 18.0. The SMILES string of the molecule is CCC1CC(=O)N(C)C(C)=C(C2NCCc3c2n(C)c2ccccc32)C1=O. The van der Waals surface area contributed by atoms with E-state index < -0.39 is 0 Å². The highest BCUT2D eigenvalue weighted by Crippen LogP contribution is 2.39. The lowest BCUT2D eigenvalue weighted by molar-refractivity contribution is -0.131. The van der Waals surface area contributed by atoms with Crippen LogP contribution in [-0.4, -0.2) is 34.7 Å². The summed E-state index contributed by atoms with van der Waals surface area (Å²) in [6.45, 7) is 4.72. The first-order valence-electron chi connectivity index (χ1n) is 9.76. The van der Waals surface area contributed by atoms with Gasteiger partial charge in [0.15, 0.2) is 5.78 Å². The number of aromatic nitrogens is 1. The largest absolute Gasteiger partial charge is 0.346 e. The van der Waals surface area contributed by atoms with Crippen molar-refractivity contribution in [1.82, 2.24) is 14.8 Å². The van der Waals surface area contributed by atoms with Crippen LogP contribution < -0.4 is 5.32 Å². The zero-order chi connectivity index (χ0) is 19.3. The second kappa shape index (κ2) is 6.64. The molecule has 1 amide bonds. The predicted octanol–water partition coefficient (Wildman–Crippen LogP) is 3.10. The molecule has 2 unspecified atom stereocenters. The van der Waals surface area contributed by atoms with Crippen LogP contribution in [0.2, 0.25) is 0 Å². The first-order valence-corrected chi connectivity index (χ1v) is 9.76. The van der Waals surface area contributed by atoms with E-state index in [0.29, 0.717) is 12.8 Å². The van der Waals surface area contributed by atoms with Crippen LogP contribution in [0.25, 0.3) is 10.9 Å². The molecule has 0 saturated heterocycles. The van der Waals surface area contributed by atoms with Gasteiger partial charge in [0.1, 0.15) is 0 Å². The van der Waals surface area contributed by atoms with Crippen molar-refractivity contribution in [2.24, 2.45) is 13.0 Å². The molecule has 0 saturated carbocycles.